The minimum Gasteiger partial charge on any atom is -0.490 e. The zero-order valence-electron chi connectivity index (χ0n) is 11.7. The molecule has 1 aromatic carbocycles. The Morgan fingerprint density at radius 2 is 2.05 bits per heavy atom. The molecule has 0 heterocycles. The monoisotopic (exact) mass is 258 g/mol. The van der Waals surface area contributed by atoms with Gasteiger partial charge in [0.2, 0.25) is 0 Å². The molecular formula is C17H22O2. The molecule has 0 atom stereocenters. The van der Waals surface area contributed by atoms with Gasteiger partial charge in [-0.3, -0.25) is 0 Å². The van der Waals surface area contributed by atoms with E-state index in [9.17, 15) is 0 Å². The van der Waals surface area contributed by atoms with E-state index in [1.165, 1.54) is 12.8 Å². The third kappa shape index (κ3) is 3.92. The maximum Gasteiger partial charge on any atom is 0.162 e. The summed E-state index contributed by atoms with van der Waals surface area (Å²) >= 11 is 0. The van der Waals surface area contributed by atoms with E-state index in [1.807, 2.05) is 18.2 Å². The molecule has 0 amide bonds. The standard InChI is InChI=1S/C17H22O2/c1-3-5-12-18-17-13-14(4-2)10-11-16(17)19-15-8-6-7-9-15/h2,10-11,13,15H,3,5-9,12H2,1H3. The third-order valence-corrected chi connectivity index (χ3v) is 3.46. The lowest BCUT2D eigenvalue weighted by Gasteiger charge is -2.17. The summed E-state index contributed by atoms with van der Waals surface area (Å²) in [5, 5.41) is 0. The minimum absolute atomic E-state index is 0.338. The van der Waals surface area contributed by atoms with Crippen LogP contribution in [-0.4, -0.2) is 12.7 Å². The first-order valence-corrected chi connectivity index (χ1v) is 7.23. The number of unbranched alkanes of at least 4 members (excludes halogenated alkanes) is 1. The SMILES string of the molecule is C#Cc1ccc(OC2CCCC2)c(OCCCC)c1. The van der Waals surface area contributed by atoms with Gasteiger partial charge in [0, 0.05) is 5.56 Å². The number of rotatable bonds is 6. The fourth-order valence-corrected chi connectivity index (χ4v) is 2.32. The van der Waals surface area contributed by atoms with E-state index >= 15 is 0 Å². The van der Waals surface area contributed by atoms with Gasteiger partial charge in [-0.2, -0.15) is 0 Å². The molecule has 1 aliphatic carbocycles. The molecule has 0 radical (unpaired) electrons. The Morgan fingerprint density at radius 3 is 2.74 bits per heavy atom. The van der Waals surface area contributed by atoms with Crippen LogP contribution >= 0.6 is 0 Å². The van der Waals surface area contributed by atoms with Crippen molar-refractivity contribution in [1.82, 2.24) is 0 Å². The topological polar surface area (TPSA) is 18.5 Å². The molecule has 0 N–H and O–H groups in total. The summed E-state index contributed by atoms with van der Waals surface area (Å²) in [7, 11) is 0. The molecule has 2 heteroatoms. The first kappa shape index (κ1) is 13.8. The summed E-state index contributed by atoms with van der Waals surface area (Å²) in [6, 6.07) is 5.76. The lowest BCUT2D eigenvalue weighted by atomic mass is 10.2. The van der Waals surface area contributed by atoms with Gasteiger partial charge >= 0.3 is 0 Å². The van der Waals surface area contributed by atoms with Crippen LogP contribution in [0.2, 0.25) is 0 Å². The highest BCUT2D eigenvalue weighted by Gasteiger charge is 2.18. The minimum atomic E-state index is 0.338. The normalized spacial score (nSPS) is 15.2. The molecule has 1 aliphatic rings. The van der Waals surface area contributed by atoms with Gasteiger partial charge in [-0.1, -0.05) is 19.3 Å². The van der Waals surface area contributed by atoms with Crippen LogP contribution in [0.5, 0.6) is 11.5 Å². The molecule has 0 bridgehead atoms. The molecular weight excluding hydrogens is 236 g/mol. The second-order valence-corrected chi connectivity index (χ2v) is 5.03. The van der Waals surface area contributed by atoms with E-state index in [2.05, 4.69) is 12.8 Å². The van der Waals surface area contributed by atoms with Gasteiger partial charge < -0.3 is 9.47 Å². The summed E-state index contributed by atoms with van der Waals surface area (Å²) in [5.41, 5.74) is 0.838. The number of ether oxygens (including phenoxy) is 2. The molecule has 2 nitrogen and oxygen atoms in total. The van der Waals surface area contributed by atoms with Gasteiger partial charge in [-0.25, -0.2) is 0 Å². The van der Waals surface area contributed by atoms with E-state index < -0.39 is 0 Å². The van der Waals surface area contributed by atoms with Crippen molar-refractivity contribution in [3.05, 3.63) is 23.8 Å². The summed E-state index contributed by atoms with van der Waals surface area (Å²) in [6.45, 7) is 2.86. The molecule has 1 fully saturated rings. The third-order valence-electron chi connectivity index (χ3n) is 3.46. The first-order chi connectivity index (χ1) is 9.33. The van der Waals surface area contributed by atoms with Crippen LogP contribution in [-0.2, 0) is 0 Å². The zero-order chi connectivity index (χ0) is 13.5. The highest BCUT2D eigenvalue weighted by Crippen LogP contribution is 2.32. The molecule has 0 unspecified atom stereocenters. The van der Waals surface area contributed by atoms with Gasteiger partial charge in [0.05, 0.1) is 12.7 Å². The van der Waals surface area contributed by atoms with E-state index in [0.717, 1.165) is 42.7 Å². The van der Waals surface area contributed by atoms with Crippen molar-refractivity contribution in [2.45, 2.75) is 51.6 Å². The maximum absolute atomic E-state index is 6.04. The lowest BCUT2D eigenvalue weighted by Crippen LogP contribution is -2.12. The number of hydrogen-bond acceptors (Lipinski definition) is 2. The molecule has 2 rings (SSSR count). The van der Waals surface area contributed by atoms with E-state index in [1.54, 1.807) is 0 Å². The Morgan fingerprint density at radius 1 is 1.26 bits per heavy atom. The zero-order valence-corrected chi connectivity index (χ0v) is 11.7. The van der Waals surface area contributed by atoms with E-state index in [4.69, 9.17) is 15.9 Å². The highest BCUT2D eigenvalue weighted by molar-refractivity contribution is 5.47. The Labute approximate surface area is 116 Å². The van der Waals surface area contributed by atoms with Crippen molar-refractivity contribution in [2.24, 2.45) is 0 Å². The first-order valence-electron chi connectivity index (χ1n) is 7.23. The van der Waals surface area contributed by atoms with Gasteiger partial charge in [0.25, 0.3) is 0 Å². The van der Waals surface area contributed by atoms with Crippen LogP contribution in [0.15, 0.2) is 18.2 Å². The molecule has 0 spiro atoms. The predicted octanol–water partition coefficient (Wildman–Crippen LogP) is 4.17. The number of terminal acetylenes is 1. The van der Waals surface area contributed by atoms with Crippen molar-refractivity contribution >= 4 is 0 Å². The Hall–Kier alpha value is -1.62. The largest absolute Gasteiger partial charge is 0.490 e. The average Bonchev–Trinajstić information content (AvgIpc) is 2.93. The van der Waals surface area contributed by atoms with E-state index in [0.29, 0.717) is 12.7 Å². The number of benzene rings is 1. The van der Waals surface area contributed by atoms with Crippen LogP contribution in [0.3, 0.4) is 0 Å². The van der Waals surface area contributed by atoms with Crippen molar-refractivity contribution in [3.63, 3.8) is 0 Å². The van der Waals surface area contributed by atoms with Gasteiger partial charge in [-0.05, 0) is 50.3 Å². The molecule has 0 aromatic heterocycles. The predicted molar refractivity (Wildman–Crippen MR) is 77.7 cm³/mol. The van der Waals surface area contributed by atoms with Crippen LogP contribution in [0.1, 0.15) is 51.0 Å². The van der Waals surface area contributed by atoms with Crippen molar-refractivity contribution < 1.29 is 9.47 Å². The van der Waals surface area contributed by atoms with Gasteiger partial charge in [0.1, 0.15) is 0 Å². The van der Waals surface area contributed by atoms with Gasteiger partial charge in [-0.15, -0.1) is 6.42 Å². The molecule has 0 saturated heterocycles. The summed E-state index contributed by atoms with van der Waals surface area (Å²) in [4.78, 5) is 0. The fraction of sp³-hybridized carbons (Fsp3) is 0.529. The molecule has 19 heavy (non-hydrogen) atoms. The van der Waals surface area contributed by atoms with Crippen LogP contribution in [0.25, 0.3) is 0 Å². The summed E-state index contributed by atoms with van der Waals surface area (Å²) in [6.07, 6.45) is 12.8. The summed E-state index contributed by atoms with van der Waals surface area (Å²) < 4.78 is 11.9. The molecule has 102 valence electrons. The summed E-state index contributed by atoms with van der Waals surface area (Å²) in [5.74, 6) is 4.27. The quantitative estimate of drug-likeness (QED) is 0.563. The lowest BCUT2D eigenvalue weighted by molar-refractivity contribution is 0.194. The smallest absolute Gasteiger partial charge is 0.162 e. The average molecular weight is 258 g/mol. The second-order valence-electron chi connectivity index (χ2n) is 5.03. The van der Waals surface area contributed by atoms with Crippen LogP contribution < -0.4 is 9.47 Å². The molecule has 1 saturated carbocycles. The Bertz CT molecular complexity index is 439. The second kappa shape index (κ2) is 7.09. The number of hydrogen-bond donors (Lipinski definition) is 0. The van der Waals surface area contributed by atoms with Crippen molar-refractivity contribution in [3.8, 4) is 23.8 Å². The molecule has 1 aromatic rings. The van der Waals surface area contributed by atoms with Gasteiger partial charge in [0.15, 0.2) is 11.5 Å². The van der Waals surface area contributed by atoms with E-state index in [-0.39, 0.29) is 0 Å². The molecule has 0 aliphatic heterocycles. The van der Waals surface area contributed by atoms with Crippen LogP contribution in [0, 0.1) is 12.3 Å². The van der Waals surface area contributed by atoms with Crippen molar-refractivity contribution in [2.75, 3.05) is 6.61 Å². The van der Waals surface area contributed by atoms with Crippen LogP contribution in [0.4, 0.5) is 0 Å². The van der Waals surface area contributed by atoms with Crippen molar-refractivity contribution in [1.29, 1.82) is 0 Å². The Kier molecular flexibility index (Phi) is 5.15. The Balaban J connectivity index is 2.08. The fourth-order valence-electron chi connectivity index (χ4n) is 2.32. The maximum atomic E-state index is 6.04. The highest BCUT2D eigenvalue weighted by atomic mass is 16.5.